The van der Waals surface area contributed by atoms with E-state index in [0.717, 1.165) is 46.7 Å². The highest BCUT2D eigenvalue weighted by molar-refractivity contribution is 9.10. The molecule has 8 nitrogen and oxygen atoms in total. The molecule has 10 heteroatoms. The van der Waals surface area contributed by atoms with Crippen LogP contribution in [0.3, 0.4) is 0 Å². The summed E-state index contributed by atoms with van der Waals surface area (Å²) in [7, 11) is 0. The lowest BCUT2D eigenvalue weighted by atomic mass is 10.3. The van der Waals surface area contributed by atoms with Gasteiger partial charge in [0.2, 0.25) is 5.95 Å². The predicted octanol–water partition coefficient (Wildman–Crippen LogP) is 4.06. The Hall–Kier alpha value is -2.72. The van der Waals surface area contributed by atoms with E-state index in [2.05, 4.69) is 64.1 Å². The van der Waals surface area contributed by atoms with Gasteiger partial charge in [0.15, 0.2) is 5.11 Å². The van der Waals surface area contributed by atoms with E-state index in [4.69, 9.17) is 12.2 Å². The van der Waals surface area contributed by atoms with Gasteiger partial charge in [-0.15, -0.1) is 0 Å². The Morgan fingerprint density at radius 2 is 1.93 bits per heavy atom. The zero-order valence-corrected chi connectivity index (χ0v) is 18.4. The van der Waals surface area contributed by atoms with Crippen molar-refractivity contribution < 1.29 is 0 Å². The Morgan fingerprint density at radius 3 is 2.66 bits per heavy atom. The van der Waals surface area contributed by atoms with Crippen molar-refractivity contribution in [2.24, 2.45) is 0 Å². The Balaban J connectivity index is 1.56. The number of hydrogen-bond donors (Lipinski definition) is 5. The summed E-state index contributed by atoms with van der Waals surface area (Å²) in [6.45, 7) is 3.66. The van der Waals surface area contributed by atoms with E-state index >= 15 is 0 Å². The molecule has 2 aromatic heterocycles. The first kappa shape index (κ1) is 21.0. The maximum atomic E-state index is 5.25. The number of aromatic amines is 1. The molecule has 0 aliphatic heterocycles. The molecule has 0 fully saturated rings. The highest BCUT2D eigenvalue weighted by atomic mass is 79.9. The number of imidazole rings is 1. The van der Waals surface area contributed by atoms with E-state index in [1.165, 1.54) is 0 Å². The summed E-state index contributed by atoms with van der Waals surface area (Å²) in [4.78, 5) is 16.0. The molecule has 152 valence electrons. The van der Waals surface area contributed by atoms with Gasteiger partial charge in [0.05, 0.1) is 16.5 Å². The van der Waals surface area contributed by atoms with Gasteiger partial charge >= 0.3 is 0 Å². The molecule has 0 atom stereocenters. The highest BCUT2D eigenvalue weighted by Crippen LogP contribution is 2.22. The van der Waals surface area contributed by atoms with E-state index in [1.807, 2.05) is 30.5 Å². The smallest absolute Gasteiger partial charge is 0.229 e. The van der Waals surface area contributed by atoms with Crippen molar-refractivity contribution >= 4 is 56.4 Å². The van der Waals surface area contributed by atoms with E-state index in [1.54, 1.807) is 12.5 Å². The summed E-state index contributed by atoms with van der Waals surface area (Å²) in [5, 5.41) is 13.4. The molecule has 0 unspecified atom stereocenters. The molecule has 0 spiro atoms. The van der Waals surface area contributed by atoms with Gasteiger partial charge in [-0.1, -0.05) is 6.92 Å². The lowest BCUT2D eigenvalue weighted by molar-refractivity contribution is 0.846. The number of aromatic nitrogens is 4. The number of thiocarbonyl (C=S) groups is 1. The molecule has 0 bridgehead atoms. The fraction of sp³-hybridized carbons (Fsp3) is 0.263. The number of anilines is 4. The van der Waals surface area contributed by atoms with Crippen LogP contribution in [0.25, 0.3) is 0 Å². The van der Waals surface area contributed by atoms with Crippen LogP contribution in [0.2, 0.25) is 0 Å². The number of benzene rings is 1. The normalized spacial score (nSPS) is 10.4. The highest BCUT2D eigenvalue weighted by Gasteiger charge is 2.06. The number of nitrogens with zero attached hydrogens (tertiary/aromatic N) is 3. The van der Waals surface area contributed by atoms with Crippen LogP contribution in [0.1, 0.15) is 19.0 Å². The van der Waals surface area contributed by atoms with Crippen LogP contribution in [-0.4, -0.2) is 38.1 Å². The third-order valence-electron chi connectivity index (χ3n) is 3.91. The first-order valence-electron chi connectivity index (χ1n) is 9.30. The lowest BCUT2D eigenvalue weighted by Gasteiger charge is -2.12. The molecular formula is C19H23BrN8S. The van der Waals surface area contributed by atoms with Crippen molar-refractivity contribution in [1.82, 2.24) is 25.3 Å². The molecule has 1 aromatic carbocycles. The van der Waals surface area contributed by atoms with Crippen molar-refractivity contribution in [2.75, 3.05) is 29.0 Å². The van der Waals surface area contributed by atoms with Crippen LogP contribution in [0.15, 0.2) is 47.5 Å². The van der Waals surface area contributed by atoms with Crippen LogP contribution in [0.5, 0.6) is 0 Å². The number of hydrogen-bond acceptors (Lipinski definition) is 6. The predicted molar refractivity (Wildman–Crippen MR) is 125 cm³/mol. The Bertz CT molecular complexity index is 914. The molecule has 0 aliphatic carbocycles. The van der Waals surface area contributed by atoms with Crippen molar-refractivity contribution in [1.29, 1.82) is 0 Å². The second kappa shape index (κ2) is 10.7. The first-order valence-corrected chi connectivity index (χ1v) is 10.5. The third-order valence-corrected chi connectivity index (χ3v) is 4.73. The quantitative estimate of drug-likeness (QED) is 0.296. The summed E-state index contributed by atoms with van der Waals surface area (Å²) < 4.78 is 0.803. The molecular weight excluding hydrogens is 452 g/mol. The van der Waals surface area contributed by atoms with Gasteiger partial charge in [-0.3, -0.25) is 0 Å². The topological polar surface area (TPSA) is 103 Å². The van der Waals surface area contributed by atoms with E-state index in [-0.39, 0.29) is 0 Å². The average molecular weight is 475 g/mol. The number of halogens is 1. The molecule has 0 aliphatic rings. The molecule has 0 saturated carbocycles. The van der Waals surface area contributed by atoms with Gasteiger partial charge in [0, 0.05) is 43.3 Å². The first-order chi connectivity index (χ1) is 14.1. The molecule has 0 amide bonds. The van der Waals surface area contributed by atoms with Gasteiger partial charge < -0.3 is 26.3 Å². The Morgan fingerprint density at radius 1 is 1.14 bits per heavy atom. The lowest BCUT2D eigenvalue weighted by Crippen LogP contribution is -2.28. The molecule has 2 heterocycles. The van der Waals surface area contributed by atoms with Gasteiger partial charge in [-0.2, -0.15) is 4.98 Å². The largest absolute Gasteiger partial charge is 0.369 e. The Labute approximate surface area is 183 Å². The zero-order chi connectivity index (χ0) is 20.5. The maximum absolute atomic E-state index is 5.25. The second-order valence-corrected chi connectivity index (χ2v) is 7.47. The standard InChI is InChI=1S/C19H23BrN8S/c1-2-8-23-19(29)27-14-5-3-13(4-6-14)26-18-24-11-16(20)17(28-18)22-9-7-15-10-21-12-25-15/h3-6,10-12H,2,7-9H2,1H3,(H,21,25)(H2,23,27,29)(H2,22,24,26,28). The van der Waals surface area contributed by atoms with Gasteiger partial charge in [0.1, 0.15) is 5.82 Å². The fourth-order valence-electron chi connectivity index (χ4n) is 2.47. The SMILES string of the molecule is CCCNC(=S)Nc1ccc(Nc2ncc(Br)c(NCCc3c[nH]cn3)n2)cc1. The summed E-state index contributed by atoms with van der Waals surface area (Å²) in [6, 6.07) is 7.79. The van der Waals surface area contributed by atoms with Crippen LogP contribution < -0.4 is 21.3 Å². The summed E-state index contributed by atoms with van der Waals surface area (Å²) in [6.07, 6.45) is 7.10. The fourth-order valence-corrected chi connectivity index (χ4v) is 3.02. The molecule has 0 radical (unpaired) electrons. The van der Waals surface area contributed by atoms with Crippen LogP contribution in [-0.2, 0) is 6.42 Å². The van der Waals surface area contributed by atoms with Crippen molar-refractivity contribution in [2.45, 2.75) is 19.8 Å². The summed E-state index contributed by atoms with van der Waals surface area (Å²) >= 11 is 8.73. The monoisotopic (exact) mass is 474 g/mol. The van der Waals surface area contributed by atoms with Crippen LogP contribution in [0, 0.1) is 0 Å². The van der Waals surface area contributed by atoms with Gasteiger partial charge in [0.25, 0.3) is 0 Å². The van der Waals surface area contributed by atoms with Crippen molar-refractivity contribution in [3.63, 3.8) is 0 Å². The van der Waals surface area contributed by atoms with Crippen molar-refractivity contribution in [3.8, 4) is 0 Å². The molecule has 3 aromatic rings. The maximum Gasteiger partial charge on any atom is 0.229 e. The Kier molecular flexibility index (Phi) is 7.77. The van der Waals surface area contributed by atoms with Crippen LogP contribution in [0.4, 0.5) is 23.1 Å². The van der Waals surface area contributed by atoms with Gasteiger partial charge in [-0.05, 0) is 58.8 Å². The van der Waals surface area contributed by atoms with Crippen molar-refractivity contribution in [3.05, 3.63) is 53.2 Å². The number of nitrogens with one attached hydrogen (secondary N) is 5. The second-order valence-electron chi connectivity index (χ2n) is 6.21. The molecule has 3 rings (SSSR count). The molecule has 0 saturated heterocycles. The summed E-state index contributed by atoms with van der Waals surface area (Å²) in [5.41, 5.74) is 2.80. The van der Waals surface area contributed by atoms with E-state index in [9.17, 15) is 0 Å². The summed E-state index contributed by atoms with van der Waals surface area (Å²) in [5.74, 6) is 1.24. The van der Waals surface area contributed by atoms with Gasteiger partial charge in [-0.25, -0.2) is 9.97 Å². The number of rotatable bonds is 9. The molecule has 5 N–H and O–H groups in total. The van der Waals surface area contributed by atoms with E-state index < -0.39 is 0 Å². The third kappa shape index (κ3) is 6.68. The molecule has 29 heavy (non-hydrogen) atoms. The minimum atomic E-state index is 0.510. The zero-order valence-electron chi connectivity index (χ0n) is 16.0. The minimum absolute atomic E-state index is 0.510. The van der Waals surface area contributed by atoms with E-state index in [0.29, 0.717) is 17.6 Å². The minimum Gasteiger partial charge on any atom is -0.369 e. The number of H-pyrrole nitrogens is 1. The van der Waals surface area contributed by atoms with Crippen LogP contribution >= 0.6 is 28.1 Å². The average Bonchev–Trinajstić information content (AvgIpc) is 3.24.